The molecule has 84 valence electrons. The zero-order valence-electron chi connectivity index (χ0n) is 9.01. The molecule has 0 fully saturated rings. The van der Waals surface area contributed by atoms with Crippen LogP contribution in [0, 0.1) is 0 Å². The van der Waals surface area contributed by atoms with Crippen LogP contribution < -0.4 is 4.90 Å². The van der Waals surface area contributed by atoms with Crippen molar-refractivity contribution in [3.05, 3.63) is 42.5 Å². The number of hydrogen-bond donors (Lipinski definition) is 1. The second-order valence-corrected chi connectivity index (χ2v) is 3.40. The number of para-hydroxylation sites is 1. The summed E-state index contributed by atoms with van der Waals surface area (Å²) >= 11 is 0. The summed E-state index contributed by atoms with van der Waals surface area (Å²) in [5, 5.41) is 8.75. The lowest BCUT2D eigenvalue weighted by atomic mass is 10.2. The number of carbonyl (C=O) groups excluding carboxylic acids is 1. The Morgan fingerprint density at radius 2 is 1.88 bits per heavy atom. The Morgan fingerprint density at radius 3 is 2.31 bits per heavy atom. The van der Waals surface area contributed by atoms with Crippen molar-refractivity contribution in [2.45, 2.75) is 6.92 Å². The molecule has 0 spiro atoms. The van der Waals surface area contributed by atoms with E-state index in [1.807, 2.05) is 0 Å². The van der Waals surface area contributed by atoms with Gasteiger partial charge in [-0.15, -0.1) is 0 Å². The third-order valence-corrected chi connectivity index (χ3v) is 1.97. The summed E-state index contributed by atoms with van der Waals surface area (Å²) in [5.74, 6) is -1.44. The van der Waals surface area contributed by atoms with Gasteiger partial charge in [0.2, 0.25) is 0 Å². The van der Waals surface area contributed by atoms with E-state index in [-0.39, 0.29) is 12.5 Å². The van der Waals surface area contributed by atoms with Crippen molar-refractivity contribution in [1.82, 2.24) is 0 Å². The van der Waals surface area contributed by atoms with Crippen LogP contribution in [0.1, 0.15) is 6.92 Å². The van der Waals surface area contributed by atoms with Gasteiger partial charge >= 0.3 is 5.97 Å². The Kier molecular flexibility index (Phi) is 3.83. The molecule has 1 N–H and O–H groups in total. The summed E-state index contributed by atoms with van der Waals surface area (Å²) in [6, 6.07) is 8.66. The maximum atomic E-state index is 11.7. The highest BCUT2D eigenvalue weighted by Gasteiger charge is 2.18. The maximum absolute atomic E-state index is 11.7. The molecule has 0 bridgehead atoms. The molecule has 0 saturated heterocycles. The number of anilines is 1. The fraction of sp³-hybridized carbons (Fsp3) is 0.167. The first-order chi connectivity index (χ1) is 7.52. The van der Waals surface area contributed by atoms with Gasteiger partial charge in [0.25, 0.3) is 5.91 Å². The van der Waals surface area contributed by atoms with Crippen molar-refractivity contribution < 1.29 is 14.7 Å². The van der Waals surface area contributed by atoms with Crippen molar-refractivity contribution >= 4 is 17.6 Å². The van der Waals surface area contributed by atoms with Crippen LogP contribution in [-0.4, -0.2) is 23.5 Å². The van der Waals surface area contributed by atoms with Gasteiger partial charge in [0, 0.05) is 11.3 Å². The predicted octanol–water partition coefficient (Wildman–Crippen LogP) is 1.68. The second kappa shape index (κ2) is 5.11. The molecule has 1 aromatic carbocycles. The van der Waals surface area contributed by atoms with Crippen LogP contribution in [0.15, 0.2) is 42.5 Å². The number of aliphatic carboxylic acids is 1. The van der Waals surface area contributed by atoms with E-state index >= 15 is 0 Å². The van der Waals surface area contributed by atoms with E-state index in [2.05, 4.69) is 6.58 Å². The lowest BCUT2D eigenvalue weighted by Gasteiger charge is -2.20. The Morgan fingerprint density at radius 1 is 1.31 bits per heavy atom. The average molecular weight is 219 g/mol. The van der Waals surface area contributed by atoms with Crippen molar-refractivity contribution in [3.63, 3.8) is 0 Å². The molecule has 1 amide bonds. The molecule has 0 unspecified atom stereocenters. The molecule has 4 heteroatoms. The van der Waals surface area contributed by atoms with Gasteiger partial charge < -0.3 is 5.11 Å². The van der Waals surface area contributed by atoms with Gasteiger partial charge in [0.05, 0.1) is 0 Å². The molecule has 0 atom stereocenters. The number of amides is 1. The number of hydrogen-bond acceptors (Lipinski definition) is 2. The SMILES string of the molecule is C=C(C)C(=O)N(CC(=O)O)c1ccccc1. The summed E-state index contributed by atoms with van der Waals surface area (Å²) in [6.07, 6.45) is 0. The Hall–Kier alpha value is -2.10. The maximum Gasteiger partial charge on any atom is 0.323 e. The molecule has 0 aliphatic heterocycles. The standard InChI is InChI=1S/C12H13NO3/c1-9(2)12(16)13(8-11(14)15)10-6-4-3-5-7-10/h3-7H,1,8H2,2H3,(H,14,15). The fourth-order valence-corrected chi connectivity index (χ4v) is 1.25. The van der Waals surface area contributed by atoms with Gasteiger partial charge in [-0.3, -0.25) is 14.5 Å². The molecule has 0 saturated carbocycles. The summed E-state index contributed by atoms with van der Waals surface area (Å²) in [5.41, 5.74) is 0.864. The van der Waals surface area contributed by atoms with Crippen LogP contribution >= 0.6 is 0 Å². The van der Waals surface area contributed by atoms with Gasteiger partial charge in [-0.2, -0.15) is 0 Å². The molecule has 1 aromatic rings. The Balaban J connectivity index is 3.01. The summed E-state index contributed by atoms with van der Waals surface area (Å²) < 4.78 is 0. The van der Waals surface area contributed by atoms with Gasteiger partial charge in [0.15, 0.2) is 0 Å². The molecule has 16 heavy (non-hydrogen) atoms. The number of carboxylic acids is 1. The number of rotatable bonds is 4. The minimum absolute atomic E-state index is 0.310. The van der Waals surface area contributed by atoms with Crippen molar-refractivity contribution in [2.24, 2.45) is 0 Å². The quantitative estimate of drug-likeness (QED) is 0.784. The number of carbonyl (C=O) groups is 2. The predicted molar refractivity (Wildman–Crippen MR) is 61.2 cm³/mol. The van der Waals surface area contributed by atoms with Crippen molar-refractivity contribution in [3.8, 4) is 0 Å². The highest BCUT2D eigenvalue weighted by molar-refractivity contribution is 6.06. The van der Waals surface area contributed by atoms with Crippen molar-refractivity contribution in [2.75, 3.05) is 11.4 Å². The van der Waals surface area contributed by atoms with Crippen LogP contribution in [0.4, 0.5) is 5.69 Å². The van der Waals surface area contributed by atoms with E-state index in [9.17, 15) is 9.59 Å². The van der Waals surface area contributed by atoms with Gasteiger partial charge in [-0.25, -0.2) is 0 Å². The summed E-state index contributed by atoms with van der Waals surface area (Å²) in [6.45, 7) is 4.71. The van der Waals surface area contributed by atoms with E-state index in [1.165, 1.54) is 4.90 Å². The normalized spacial score (nSPS) is 9.56. The average Bonchev–Trinajstić information content (AvgIpc) is 2.26. The van der Waals surface area contributed by atoms with E-state index < -0.39 is 5.97 Å². The minimum Gasteiger partial charge on any atom is -0.480 e. The highest BCUT2D eigenvalue weighted by Crippen LogP contribution is 2.15. The van der Waals surface area contributed by atoms with Crippen LogP contribution in [-0.2, 0) is 9.59 Å². The number of nitrogens with zero attached hydrogens (tertiary/aromatic N) is 1. The topological polar surface area (TPSA) is 57.6 Å². The molecule has 0 radical (unpaired) electrons. The molecule has 0 aromatic heterocycles. The van der Waals surface area contributed by atoms with Crippen LogP contribution in [0.3, 0.4) is 0 Å². The monoisotopic (exact) mass is 219 g/mol. The van der Waals surface area contributed by atoms with Gasteiger partial charge in [-0.05, 0) is 19.1 Å². The fourth-order valence-electron chi connectivity index (χ4n) is 1.25. The smallest absolute Gasteiger partial charge is 0.323 e. The van der Waals surface area contributed by atoms with Crippen LogP contribution in [0.2, 0.25) is 0 Å². The lowest BCUT2D eigenvalue weighted by molar-refractivity contribution is -0.136. The number of benzene rings is 1. The van der Waals surface area contributed by atoms with E-state index in [0.29, 0.717) is 11.3 Å². The highest BCUT2D eigenvalue weighted by atomic mass is 16.4. The van der Waals surface area contributed by atoms with Crippen LogP contribution in [0.5, 0.6) is 0 Å². The van der Waals surface area contributed by atoms with Crippen LogP contribution in [0.25, 0.3) is 0 Å². The minimum atomic E-state index is -1.06. The van der Waals surface area contributed by atoms with Gasteiger partial charge in [0.1, 0.15) is 6.54 Å². The molecule has 0 heterocycles. The Labute approximate surface area is 93.8 Å². The zero-order valence-corrected chi connectivity index (χ0v) is 9.01. The molecule has 4 nitrogen and oxygen atoms in total. The molecule has 1 rings (SSSR count). The lowest BCUT2D eigenvalue weighted by Crippen LogP contribution is -2.35. The molecular weight excluding hydrogens is 206 g/mol. The largest absolute Gasteiger partial charge is 0.480 e. The molecule has 0 aliphatic rings. The van der Waals surface area contributed by atoms with Gasteiger partial charge in [-0.1, -0.05) is 24.8 Å². The van der Waals surface area contributed by atoms with E-state index in [0.717, 1.165) is 0 Å². The first kappa shape index (κ1) is 12.0. The van der Waals surface area contributed by atoms with E-state index in [4.69, 9.17) is 5.11 Å². The Bertz CT molecular complexity index is 412. The second-order valence-electron chi connectivity index (χ2n) is 3.40. The molecular formula is C12H13NO3. The summed E-state index contributed by atoms with van der Waals surface area (Å²) in [4.78, 5) is 23.6. The first-order valence-corrected chi connectivity index (χ1v) is 4.76. The van der Waals surface area contributed by atoms with E-state index in [1.54, 1.807) is 37.3 Å². The summed E-state index contributed by atoms with van der Waals surface area (Å²) in [7, 11) is 0. The number of carboxylic acid groups (broad SMARTS) is 1. The first-order valence-electron chi connectivity index (χ1n) is 4.76. The zero-order chi connectivity index (χ0) is 12.1. The third kappa shape index (κ3) is 2.95. The van der Waals surface area contributed by atoms with Crippen molar-refractivity contribution in [1.29, 1.82) is 0 Å². The molecule has 0 aliphatic carbocycles. The third-order valence-electron chi connectivity index (χ3n) is 1.97.